The predicted molar refractivity (Wildman–Crippen MR) is 111 cm³/mol. The maximum Gasteiger partial charge on any atom is 0.251 e. The molecule has 0 unspecified atom stereocenters. The summed E-state index contributed by atoms with van der Waals surface area (Å²) in [6.07, 6.45) is 6.82. The summed E-state index contributed by atoms with van der Waals surface area (Å²) < 4.78 is 31.1. The molecule has 29 heavy (non-hydrogen) atoms. The quantitative estimate of drug-likeness (QED) is 0.737. The molecule has 0 radical (unpaired) electrons. The molecular formula is C21H28N3O4S+. The van der Waals surface area contributed by atoms with Crippen LogP contribution in [0.3, 0.4) is 0 Å². The van der Waals surface area contributed by atoms with Gasteiger partial charge in [0.25, 0.3) is 5.91 Å². The number of fused-ring (bicyclic) bond motifs is 1. The van der Waals surface area contributed by atoms with Gasteiger partial charge < -0.3 is 14.6 Å². The fourth-order valence-corrected chi connectivity index (χ4v) is 5.45. The number of hydrogen-bond acceptors (Lipinski definition) is 4. The summed E-state index contributed by atoms with van der Waals surface area (Å²) in [7, 11) is -3.31. The number of carbonyl (C=O) groups excluding carboxylic acids is 1. The van der Waals surface area contributed by atoms with E-state index in [4.69, 9.17) is 4.42 Å². The number of nitrogens with one attached hydrogen (secondary N) is 2. The van der Waals surface area contributed by atoms with E-state index in [-0.39, 0.29) is 11.9 Å². The lowest BCUT2D eigenvalue weighted by atomic mass is 10.0. The molecule has 2 aliphatic heterocycles. The Labute approximate surface area is 171 Å². The summed E-state index contributed by atoms with van der Waals surface area (Å²) in [6, 6.07) is 9.25. The molecule has 8 heteroatoms. The van der Waals surface area contributed by atoms with Crippen molar-refractivity contribution >= 4 is 21.6 Å². The van der Waals surface area contributed by atoms with Gasteiger partial charge in [-0.3, -0.25) is 9.10 Å². The second kappa shape index (κ2) is 8.20. The van der Waals surface area contributed by atoms with Gasteiger partial charge in [0, 0.05) is 24.9 Å². The van der Waals surface area contributed by atoms with Crippen LogP contribution >= 0.6 is 0 Å². The molecule has 0 aliphatic carbocycles. The normalized spacial score (nSPS) is 18.4. The van der Waals surface area contributed by atoms with Gasteiger partial charge in [0.2, 0.25) is 10.0 Å². The average Bonchev–Trinajstić information content (AvgIpc) is 3.41. The first kappa shape index (κ1) is 20.0. The Morgan fingerprint density at radius 1 is 1.24 bits per heavy atom. The van der Waals surface area contributed by atoms with Crippen molar-refractivity contribution < 1.29 is 22.5 Å². The Kier molecular flexibility index (Phi) is 5.65. The summed E-state index contributed by atoms with van der Waals surface area (Å²) in [5.74, 6) is 0.760. The van der Waals surface area contributed by atoms with Crippen LogP contribution in [-0.2, 0) is 16.4 Å². The Hall–Kier alpha value is -2.32. The fourth-order valence-electron chi connectivity index (χ4n) is 4.46. The van der Waals surface area contributed by atoms with Gasteiger partial charge in [-0.25, -0.2) is 8.42 Å². The van der Waals surface area contributed by atoms with Gasteiger partial charge in [-0.2, -0.15) is 0 Å². The molecule has 0 spiro atoms. The van der Waals surface area contributed by atoms with Gasteiger partial charge >= 0.3 is 0 Å². The Morgan fingerprint density at radius 3 is 2.72 bits per heavy atom. The van der Waals surface area contributed by atoms with E-state index in [0.717, 1.165) is 37.3 Å². The monoisotopic (exact) mass is 418 g/mol. The number of anilines is 1. The van der Waals surface area contributed by atoms with Gasteiger partial charge in [-0.15, -0.1) is 0 Å². The molecule has 1 aromatic carbocycles. The van der Waals surface area contributed by atoms with Crippen molar-refractivity contribution in [3.05, 3.63) is 53.5 Å². The number of sulfonamides is 1. The molecular weight excluding hydrogens is 390 g/mol. The number of rotatable bonds is 6. The molecule has 3 heterocycles. The number of amides is 1. The van der Waals surface area contributed by atoms with Crippen molar-refractivity contribution in [1.29, 1.82) is 0 Å². The number of benzene rings is 1. The average molecular weight is 419 g/mol. The molecule has 1 atom stereocenters. The molecule has 0 bridgehead atoms. The van der Waals surface area contributed by atoms with Crippen LogP contribution in [0.15, 0.2) is 41.0 Å². The highest BCUT2D eigenvalue weighted by molar-refractivity contribution is 7.92. The second-order valence-corrected chi connectivity index (χ2v) is 9.83. The van der Waals surface area contributed by atoms with Gasteiger partial charge in [-0.05, 0) is 48.7 Å². The minimum atomic E-state index is -3.31. The zero-order valence-corrected chi connectivity index (χ0v) is 17.5. The van der Waals surface area contributed by atoms with Crippen LogP contribution in [0, 0.1) is 0 Å². The Balaban J connectivity index is 1.48. The van der Waals surface area contributed by atoms with Crippen molar-refractivity contribution in [3.63, 3.8) is 0 Å². The lowest BCUT2D eigenvalue weighted by Crippen LogP contribution is -3.11. The van der Waals surface area contributed by atoms with E-state index in [9.17, 15) is 13.2 Å². The predicted octanol–water partition coefficient (Wildman–Crippen LogP) is 1.14. The largest absolute Gasteiger partial charge is 0.463 e. The third-order valence-corrected chi connectivity index (χ3v) is 7.09. The number of carbonyl (C=O) groups is 1. The second-order valence-electron chi connectivity index (χ2n) is 7.93. The van der Waals surface area contributed by atoms with E-state index in [1.165, 1.54) is 28.3 Å². The standard InChI is InChI=1S/C21H27N3O4S/c1-29(26,27)24-12-4-6-16-14-17(8-9-18(16)24)21(25)22-15-19(20-7-5-13-28-20)23-10-2-3-11-23/h5,7-9,13-14,19H,2-4,6,10-12,15H2,1H3,(H,22,25)/p+1/t19-/m0/s1. The molecule has 2 N–H and O–H groups in total. The van der Waals surface area contributed by atoms with Crippen molar-refractivity contribution in [3.8, 4) is 0 Å². The first-order valence-corrected chi connectivity index (χ1v) is 12.0. The van der Waals surface area contributed by atoms with E-state index in [0.29, 0.717) is 24.3 Å². The minimum absolute atomic E-state index is 0.106. The van der Waals surface area contributed by atoms with E-state index in [1.807, 2.05) is 18.2 Å². The number of nitrogens with zero attached hydrogens (tertiary/aromatic N) is 1. The first-order chi connectivity index (χ1) is 13.9. The maximum absolute atomic E-state index is 12.8. The first-order valence-electron chi connectivity index (χ1n) is 10.2. The Bertz CT molecular complexity index is 966. The van der Waals surface area contributed by atoms with Crippen LogP contribution in [-0.4, -0.2) is 46.8 Å². The molecule has 1 aromatic heterocycles. The van der Waals surface area contributed by atoms with E-state index >= 15 is 0 Å². The van der Waals surface area contributed by atoms with Crippen LogP contribution < -0.4 is 14.5 Å². The number of furan rings is 1. The lowest BCUT2D eigenvalue weighted by molar-refractivity contribution is -0.919. The van der Waals surface area contributed by atoms with Crippen molar-refractivity contribution in [2.75, 3.05) is 36.7 Å². The molecule has 1 amide bonds. The number of likely N-dealkylation sites (tertiary alicyclic amines) is 1. The van der Waals surface area contributed by atoms with Crippen LogP contribution in [0.25, 0.3) is 0 Å². The molecule has 4 rings (SSSR count). The highest BCUT2D eigenvalue weighted by Gasteiger charge is 2.30. The third-order valence-electron chi connectivity index (χ3n) is 5.91. The summed E-state index contributed by atoms with van der Waals surface area (Å²) in [5.41, 5.74) is 2.15. The topological polar surface area (TPSA) is 84.1 Å². The van der Waals surface area contributed by atoms with E-state index < -0.39 is 10.0 Å². The molecule has 156 valence electrons. The molecule has 1 fully saturated rings. The van der Waals surface area contributed by atoms with Gasteiger partial charge in [-0.1, -0.05) is 0 Å². The smallest absolute Gasteiger partial charge is 0.251 e. The van der Waals surface area contributed by atoms with Gasteiger partial charge in [0.15, 0.2) is 11.8 Å². The van der Waals surface area contributed by atoms with E-state index in [1.54, 1.807) is 18.4 Å². The summed E-state index contributed by atoms with van der Waals surface area (Å²) >= 11 is 0. The minimum Gasteiger partial charge on any atom is -0.463 e. The van der Waals surface area contributed by atoms with Crippen LogP contribution in [0.5, 0.6) is 0 Å². The highest BCUT2D eigenvalue weighted by Crippen LogP contribution is 2.29. The summed E-state index contributed by atoms with van der Waals surface area (Å²) in [4.78, 5) is 14.3. The van der Waals surface area contributed by atoms with Crippen molar-refractivity contribution in [1.82, 2.24) is 5.32 Å². The zero-order valence-electron chi connectivity index (χ0n) is 16.7. The molecule has 2 aliphatic rings. The molecule has 7 nitrogen and oxygen atoms in total. The van der Waals surface area contributed by atoms with Crippen molar-refractivity contribution in [2.24, 2.45) is 0 Å². The van der Waals surface area contributed by atoms with Crippen LogP contribution in [0.2, 0.25) is 0 Å². The molecule has 2 aromatic rings. The number of hydrogen-bond donors (Lipinski definition) is 2. The molecule has 1 saturated heterocycles. The maximum atomic E-state index is 12.8. The highest BCUT2D eigenvalue weighted by atomic mass is 32.2. The van der Waals surface area contributed by atoms with Crippen molar-refractivity contribution in [2.45, 2.75) is 31.7 Å². The fraction of sp³-hybridized carbons (Fsp3) is 0.476. The number of aryl methyl sites for hydroxylation is 1. The number of quaternary nitrogens is 1. The lowest BCUT2D eigenvalue weighted by Gasteiger charge is -2.29. The Morgan fingerprint density at radius 2 is 2.03 bits per heavy atom. The SMILES string of the molecule is CS(=O)(=O)N1CCCc2cc(C(=O)NC[C@@H](c3ccco3)[NH+]3CCCC3)ccc21. The van der Waals surface area contributed by atoms with Crippen LogP contribution in [0.1, 0.15) is 47.0 Å². The molecule has 0 saturated carbocycles. The third kappa shape index (κ3) is 4.33. The zero-order chi connectivity index (χ0) is 20.4. The van der Waals surface area contributed by atoms with Gasteiger partial charge in [0.1, 0.15) is 0 Å². The van der Waals surface area contributed by atoms with Crippen LogP contribution in [0.4, 0.5) is 5.69 Å². The van der Waals surface area contributed by atoms with E-state index in [2.05, 4.69) is 5.32 Å². The summed E-state index contributed by atoms with van der Waals surface area (Å²) in [6.45, 7) is 3.16. The van der Waals surface area contributed by atoms with Gasteiger partial charge in [0.05, 0.1) is 37.8 Å². The summed E-state index contributed by atoms with van der Waals surface area (Å²) in [5, 5.41) is 3.06.